The maximum atomic E-state index is 5.73. The molecular weight excluding hydrogens is 264 g/mol. The molecule has 5 nitrogen and oxygen atoms in total. The van der Waals surface area contributed by atoms with Gasteiger partial charge in [0.25, 0.3) is 5.88 Å². The molecule has 2 heterocycles. The number of ether oxygens (including phenoxy) is 1. The van der Waals surface area contributed by atoms with E-state index in [4.69, 9.17) is 9.72 Å². The number of hydrogen-bond acceptors (Lipinski definition) is 5. The Morgan fingerprint density at radius 3 is 2.76 bits per heavy atom. The van der Waals surface area contributed by atoms with Crippen molar-refractivity contribution in [2.24, 2.45) is 0 Å². The molecule has 0 aliphatic carbocycles. The molecule has 1 fully saturated rings. The van der Waals surface area contributed by atoms with Crippen LogP contribution in [0, 0.1) is 0 Å². The fraction of sp³-hybridized carbons (Fsp3) is 0.500. The Hall–Kier alpha value is -1.88. The van der Waals surface area contributed by atoms with Gasteiger partial charge in [0.2, 0.25) is 0 Å². The third kappa shape index (κ3) is 2.93. The first-order chi connectivity index (χ1) is 10.3. The number of benzene rings is 1. The first-order valence-electron chi connectivity index (χ1n) is 7.63. The predicted molar refractivity (Wildman–Crippen MR) is 85.0 cm³/mol. The van der Waals surface area contributed by atoms with Gasteiger partial charge in [-0.25, -0.2) is 9.97 Å². The second kappa shape index (κ2) is 6.26. The lowest BCUT2D eigenvalue weighted by molar-refractivity contribution is 0.325. The number of hydrogen-bond donors (Lipinski definition) is 1. The molecule has 1 aliphatic heterocycles. The van der Waals surface area contributed by atoms with E-state index in [1.165, 1.54) is 6.42 Å². The van der Waals surface area contributed by atoms with Gasteiger partial charge in [0.15, 0.2) is 5.82 Å². The molecule has 1 aromatic carbocycles. The summed E-state index contributed by atoms with van der Waals surface area (Å²) in [7, 11) is 2.02. The van der Waals surface area contributed by atoms with Crippen molar-refractivity contribution in [1.29, 1.82) is 0 Å². The Morgan fingerprint density at radius 1 is 1.29 bits per heavy atom. The van der Waals surface area contributed by atoms with Crippen molar-refractivity contribution in [2.45, 2.75) is 25.8 Å². The first-order valence-corrected chi connectivity index (χ1v) is 7.63. The largest absolute Gasteiger partial charge is 0.475 e. The minimum atomic E-state index is 0.501. The average Bonchev–Trinajstić information content (AvgIpc) is 2.54. The molecule has 1 N–H and O–H groups in total. The van der Waals surface area contributed by atoms with Crippen LogP contribution in [0.2, 0.25) is 0 Å². The molecule has 1 aromatic heterocycles. The molecule has 0 spiro atoms. The van der Waals surface area contributed by atoms with Gasteiger partial charge in [-0.3, -0.25) is 0 Å². The molecular formula is C16H22N4O. The summed E-state index contributed by atoms with van der Waals surface area (Å²) in [5.41, 5.74) is 1.80. The summed E-state index contributed by atoms with van der Waals surface area (Å²) >= 11 is 0. The lowest BCUT2D eigenvalue weighted by Crippen LogP contribution is -2.45. The van der Waals surface area contributed by atoms with Gasteiger partial charge in [-0.1, -0.05) is 12.1 Å². The zero-order valence-electron chi connectivity index (χ0n) is 12.7. The Balaban J connectivity index is 2.00. The third-order valence-electron chi connectivity index (χ3n) is 3.93. The van der Waals surface area contributed by atoms with Crippen molar-refractivity contribution < 1.29 is 4.74 Å². The lowest BCUT2D eigenvalue weighted by Gasteiger charge is -2.33. The maximum Gasteiger partial charge on any atom is 0.258 e. The molecule has 0 bridgehead atoms. The molecule has 0 amide bonds. The number of rotatable bonds is 4. The highest BCUT2D eigenvalue weighted by Gasteiger charge is 2.23. The quantitative estimate of drug-likeness (QED) is 0.934. The van der Waals surface area contributed by atoms with Crippen molar-refractivity contribution in [3.8, 4) is 5.88 Å². The number of para-hydroxylation sites is 2. The number of anilines is 1. The molecule has 3 rings (SSSR count). The van der Waals surface area contributed by atoms with Crippen molar-refractivity contribution >= 4 is 16.9 Å². The van der Waals surface area contributed by atoms with E-state index in [0.717, 1.165) is 36.4 Å². The monoisotopic (exact) mass is 286 g/mol. The molecule has 0 radical (unpaired) electrons. The number of piperidine rings is 1. The Labute approximate surface area is 125 Å². The van der Waals surface area contributed by atoms with E-state index in [9.17, 15) is 0 Å². The van der Waals surface area contributed by atoms with E-state index in [-0.39, 0.29) is 0 Å². The molecule has 5 heteroatoms. The molecule has 2 aromatic rings. The summed E-state index contributed by atoms with van der Waals surface area (Å²) in [4.78, 5) is 11.7. The van der Waals surface area contributed by atoms with Gasteiger partial charge < -0.3 is 15.0 Å². The van der Waals surface area contributed by atoms with Gasteiger partial charge in [0, 0.05) is 19.1 Å². The molecule has 1 atom stereocenters. The SMILES string of the molecule is CCOc1nc2ccccc2nc1N1CCCC(NC)C1. The fourth-order valence-corrected chi connectivity index (χ4v) is 2.82. The first kappa shape index (κ1) is 14.1. The maximum absolute atomic E-state index is 5.73. The van der Waals surface area contributed by atoms with Crippen molar-refractivity contribution in [3.63, 3.8) is 0 Å². The van der Waals surface area contributed by atoms with Crippen LogP contribution in [-0.4, -0.2) is 42.8 Å². The van der Waals surface area contributed by atoms with Crippen LogP contribution < -0.4 is 15.0 Å². The summed E-state index contributed by atoms with van der Waals surface area (Å²) in [5, 5.41) is 3.36. The smallest absolute Gasteiger partial charge is 0.258 e. The second-order valence-corrected chi connectivity index (χ2v) is 5.35. The van der Waals surface area contributed by atoms with E-state index in [1.54, 1.807) is 0 Å². The van der Waals surface area contributed by atoms with Gasteiger partial charge >= 0.3 is 0 Å². The minimum absolute atomic E-state index is 0.501. The van der Waals surface area contributed by atoms with Gasteiger partial charge in [0.1, 0.15) is 0 Å². The van der Waals surface area contributed by atoms with Gasteiger partial charge in [-0.05, 0) is 38.9 Å². The molecule has 1 unspecified atom stereocenters. The molecule has 1 saturated heterocycles. The highest BCUT2D eigenvalue weighted by molar-refractivity contribution is 5.77. The minimum Gasteiger partial charge on any atom is -0.475 e. The van der Waals surface area contributed by atoms with Crippen molar-refractivity contribution in [3.05, 3.63) is 24.3 Å². The average molecular weight is 286 g/mol. The van der Waals surface area contributed by atoms with Crippen LogP contribution >= 0.6 is 0 Å². The number of nitrogens with zero attached hydrogens (tertiary/aromatic N) is 3. The van der Waals surface area contributed by atoms with Crippen molar-refractivity contribution in [1.82, 2.24) is 15.3 Å². The Bertz CT molecular complexity index is 616. The van der Waals surface area contributed by atoms with E-state index in [0.29, 0.717) is 18.5 Å². The van der Waals surface area contributed by atoms with Crippen LogP contribution in [0.25, 0.3) is 11.0 Å². The van der Waals surface area contributed by atoms with Gasteiger partial charge in [0.05, 0.1) is 17.6 Å². The summed E-state index contributed by atoms with van der Waals surface area (Å²) in [6.07, 6.45) is 2.36. The lowest BCUT2D eigenvalue weighted by atomic mass is 10.1. The zero-order valence-corrected chi connectivity index (χ0v) is 12.7. The summed E-state index contributed by atoms with van der Waals surface area (Å²) in [5.74, 6) is 1.52. The van der Waals surface area contributed by atoms with Crippen LogP contribution in [0.4, 0.5) is 5.82 Å². The van der Waals surface area contributed by atoms with E-state index in [1.807, 2.05) is 38.2 Å². The summed E-state index contributed by atoms with van der Waals surface area (Å²) in [6.45, 7) is 4.53. The molecule has 1 aliphatic rings. The molecule has 0 saturated carbocycles. The second-order valence-electron chi connectivity index (χ2n) is 5.35. The van der Waals surface area contributed by atoms with E-state index >= 15 is 0 Å². The highest BCUT2D eigenvalue weighted by atomic mass is 16.5. The van der Waals surface area contributed by atoms with E-state index in [2.05, 4.69) is 15.2 Å². The van der Waals surface area contributed by atoms with Crippen LogP contribution in [-0.2, 0) is 0 Å². The fourth-order valence-electron chi connectivity index (χ4n) is 2.82. The highest BCUT2D eigenvalue weighted by Crippen LogP contribution is 2.29. The number of likely N-dealkylation sites (N-methyl/N-ethyl adjacent to an activating group) is 1. The van der Waals surface area contributed by atoms with Crippen LogP contribution in [0.1, 0.15) is 19.8 Å². The number of aromatic nitrogens is 2. The number of nitrogens with one attached hydrogen (secondary N) is 1. The normalized spacial score (nSPS) is 19.0. The van der Waals surface area contributed by atoms with Gasteiger partial charge in [-0.2, -0.15) is 0 Å². The van der Waals surface area contributed by atoms with Crippen LogP contribution in [0.3, 0.4) is 0 Å². The third-order valence-corrected chi connectivity index (χ3v) is 3.93. The van der Waals surface area contributed by atoms with Gasteiger partial charge in [-0.15, -0.1) is 0 Å². The zero-order chi connectivity index (χ0) is 14.7. The van der Waals surface area contributed by atoms with Crippen LogP contribution in [0.5, 0.6) is 5.88 Å². The summed E-state index contributed by atoms with van der Waals surface area (Å²) in [6, 6.07) is 8.45. The van der Waals surface area contributed by atoms with Crippen molar-refractivity contribution in [2.75, 3.05) is 31.6 Å². The number of fused-ring (bicyclic) bond motifs is 1. The Kier molecular flexibility index (Phi) is 4.20. The summed E-state index contributed by atoms with van der Waals surface area (Å²) < 4.78 is 5.73. The topological polar surface area (TPSA) is 50.3 Å². The van der Waals surface area contributed by atoms with Crippen LogP contribution in [0.15, 0.2) is 24.3 Å². The molecule has 112 valence electrons. The Morgan fingerprint density at radius 2 is 2.05 bits per heavy atom. The molecule has 21 heavy (non-hydrogen) atoms. The van der Waals surface area contributed by atoms with E-state index < -0.39 is 0 Å². The predicted octanol–water partition coefficient (Wildman–Crippen LogP) is 2.22. The standard InChI is InChI=1S/C16H22N4O/c1-3-21-16-15(20-10-6-7-12(11-20)17-2)18-13-8-4-5-9-14(13)19-16/h4-5,8-9,12,17H,3,6-7,10-11H2,1-2H3.